The summed E-state index contributed by atoms with van der Waals surface area (Å²) in [5, 5.41) is 5.84. The van der Waals surface area contributed by atoms with Crippen LogP contribution in [-0.4, -0.2) is 37.5 Å². The Balaban J connectivity index is 1.59. The molecule has 0 radical (unpaired) electrons. The molecule has 3 rings (SSSR count). The number of methoxy groups -OCH3 is 1. The fourth-order valence-electron chi connectivity index (χ4n) is 3.27. The van der Waals surface area contributed by atoms with Crippen molar-refractivity contribution in [1.29, 1.82) is 0 Å². The first-order chi connectivity index (χ1) is 16.0. The Labute approximate surface area is 193 Å². The molecule has 0 aliphatic heterocycles. The van der Waals surface area contributed by atoms with Crippen molar-refractivity contribution >= 4 is 29.4 Å². The first-order valence-electron chi connectivity index (χ1n) is 11.2. The third kappa shape index (κ3) is 7.86. The van der Waals surface area contributed by atoms with Gasteiger partial charge in [0.05, 0.1) is 7.11 Å². The lowest BCUT2D eigenvalue weighted by molar-refractivity contribution is -0.140. The summed E-state index contributed by atoms with van der Waals surface area (Å²) in [4.78, 5) is 36.2. The quantitative estimate of drug-likeness (QED) is 0.233. The average Bonchev–Trinajstić information content (AvgIpc) is 3.64. The lowest BCUT2D eigenvalue weighted by Gasteiger charge is -2.10. The van der Waals surface area contributed by atoms with Crippen LogP contribution in [0.2, 0.25) is 0 Å². The van der Waals surface area contributed by atoms with Gasteiger partial charge >= 0.3 is 5.97 Å². The molecular formula is C26H29FN2O4. The molecule has 0 saturated heterocycles. The van der Waals surface area contributed by atoms with E-state index in [1.165, 1.54) is 19.2 Å². The van der Waals surface area contributed by atoms with Gasteiger partial charge in [0, 0.05) is 30.1 Å². The number of carbonyl (C=O) groups excluding carboxylic acids is 3. The van der Waals surface area contributed by atoms with E-state index in [0.29, 0.717) is 29.7 Å². The minimum atomic E-state index is -0.362. The number of unbranched alkanes of at least 4 members (excludes halogenated alkanes) is 2. The van der Waals surface area contributed by atoms with Crippen molar-refractivity contribution in [2.45, 2.75) is 44.6 Å². The SMILES string of the molecule is COC(=O)CCCCCNC(=O)c1ccc(/C=C(\C(=O)NC2CC2)c2ccc(F)cc2)cc1. The molecule has 1 fully saturated rings. The first kappa shape index (κ1) is 24.2. The lowest BCUT2D eigenvalue weighted by Crippen LogP contribution is -2.26. The maximum atomic E-state index is 13.3. The number of amides is 2. The van der Waals surface area contributed by atoms with Crippen molar-refractivity contribution in [3.8, 4) is 0 Å². The second-order valence-electron chi connectivity index (χ2n) is 8.08. The van der Waals surface area contributed by atoms with Crippen molar-refractivity contribution in [3.63, 3.8) is 0 Å². The summed E-state index contributed by atoms with van der Waals surface area (Å²) < 4.78 is 17.9. The maximum absolute atomic E-state index is 13.3. The molecule has 2 N–H and O–H groups in total. The molecule has 0 aromatic heterocycles. The van der Waals surface area contributed by atoms with Crippen LogP contribution >= 0.6 is 0 Å². The number of hydrogen-bond donors (Lipinski definition) is 2. The van der Waals surface area contributed by atoms with Crippen LogP contribution in [0.3, 0.4) is 0 Å². The molecule has 1 aliphatic rings. The normalized spacial score (nSPS) is 13.3. The molecule has 0 atom stereocenters. The van der Waals surface area contributed by atoms with Gasteiger partial charge in [-0.05, 0) is 67.2 Å². The summed E-state index contributed by atoms with van der Waals surface area (Å²) in [5.41, 5.74) is 2.36. The van der Waals surface area contributed by atoms with E-state index in [-0.39, 0.29) is 29.6 Å². The molecule has 0 unspecified atom stereocenters. The third-order valence-electron chi connectivity index (χ3n) is 5.37. The minimum absolute atomic E-state index is 0.177. The van der Waals surface area contributed by atoms with E-state index in [9.17, 15) is 18.8 Å². The van der Waals surface area contributed by atoms with Crippen LogP contribution in [0, 0.1) is 5.82 Å². The molecule has 2 aromatic rings. The highest BCUT2D eigenvalue weighted by atomic mass is 19.1. The van der Waals surface area contributed by atoms with Crippen LogP contribution < -0.4 is 10.6 Å². The van der Waals surface area contributed by atoms with Gasteiger partial charge < -0.3 is 15.4 Å². The van der Waals surface area contributed by atoms with Crippen LogP contribution in [0.15, 0.2) is 48.5 Å². The van der Waals surface area contributed by atoms with Gasteiger partial charge in [0.2, 0.25) is 0 Å². The molecule has 33 heavy (non-hydrogen) atoms. The summed E-state index contributed by atoms with van der Waals surface area (Å²) >= 11 is 0. The highest BCUT2D eigenvalue weighted by Gasteiger charge is 2.25. The molecule has 7 heteroatoms. The van der Waals surface area contributed by atoms with E-state index in [0.717, 1.165) is 37.7 Å². The van der Waals surface area contributed by atoms with Crippen LogP contribution in [0.5, 0.6) is 0 Å². The topological polar surface area (TPSA) is 84.5 Å². The van der Waals surface area contributed by atoms with E-state index in [1.54, 1.807) is 42.5 Å². The predicted octanol–water partition coefficient (Wildman–Crippen LogP) is 4.11. The van der Waals surface area contributed by atoms with Crippen LogP contribution in [0.4, 0.5) is 4.39 Å². The van der Waals surface area contributed by atoms with Gasteiger partial charge in [-0.15, -0.1) is 0 Å². The van der Waals surface area contributed by atoms with Crippen molar-refractivity contribution in [1.82, 2.24) is 10.6 Å². The predicted molar refractivity (Wildman–Crippen MR) is 125 cm³/mol. The smallest absolute Gasteiger partial charge is 0.305 e. The Bertz CT molecular complexity index is 996. The summed E-state index contributed by atoms with van der Waals surface area (Å²) in [6.07, 6.45) is 6.41. The van der Waals surface area contributed by atoms with E-state index >= 15 is 0 Å². The number of ether oxygens (including phenoxy) is 1. The summed E-state index contributed by atoms with van der Waals surface area (Å²) in [5.74, 6) is -0.956. The van der Waals surface area contributed by atoms with Gasteiger partial charge in [-0.2, -0.15) is 0 Å². The molecule has 1 aliphatic carbocycles. The second-order valence-corrected chi connectivity index (χ2v) is 8.08. The van der Waals surface area contributed by atoms with Gasteiger partial charge in [0.25, 0.3) is 11.8 Å². The molecule has 2 amide bonds. The average molecular weight is 453 g/mol. The number of hydrogen-bond acceptors (Lipinski definition) is 4. The zero-order chi connectivity index (χ0) is 23.6. The molecule has 6 nitrogen and oxygen atoms in total. The molecular weight excluding hydrogens is 423 g/mol. The Hall–Kier alpha value is -3.48. The Kier molecular flexibility index (Phi) is 8.75. The fourth-order valence-corrected chi connectivity index (χ4v) is 3.27. The molecule has 0 heterocycles. The van der Waals surface area contributed by atoms with Crippen LogP contribution in [0.25, 0.3) is 11.6 Å². The lowest BCUT2D eigenvalue weighted by atomic mass is 10.0. The zero-order valence-electron chi connectivity index (χ0n) is 18.7. The summed E-state index contributed by atoms with van der Waals surface area (Å²) in [7, 11) is 1.37. The van der Waals surface area contributed by atoms with E-state index in [2.05, 4.69) is 15.4 Å². The summed E-state index contributed by atoms with van der Waals surface area (Å²) in [6, 6.07) is 13.0. The van der Waals surface area contributed by atoms with Crippen LogP contribution in [-0.2, 0) is 14.3 Å². The number of esters is 1. The van der Waals surface area contributed by atoms with Crippen LogP contribution in [0.1, 0.15) is 60.0 Å². The maximum Gasteiger partial charge on any atom is 0.305 e. The number of benzene rings is 2. The first-order valence-corrected chi connectivity index (χ1v) is 11.2. The number of halogens is 1. The standard InChI is InChI=1S/C26H29FN2O4/c1-33-24(30)5-3-2-4-16-28-25(31)20-8-6-18(7-9-20)17-23(26(32)29-22-14-15-22)19-10-12-21(27)13-11-19/h6-13,17,22H,2-5,14-16H2,1H3,(H,28,31)(H,29,32)/b23-17-. The molecule has 0 bridgehead atoms. The van der Waals surface area contributed by atoms with Crippen molar-refractivity contribution in [3.05, 3.63) is 71.0 Å². The van der Waals surface area contributed by atoms with Crippen molar-refractivity contribution < 1.29 is 23.5 Å². The van der Waals surface area contributed by atoms with Crippen molar-refractivity contribution in [2.75, 3.05) is 13.7 Å². The second kappa shape index (κ2) is 11.9. The van der Waals surface area contributed by atoms with Gasteiger partial charge in [-0.25, -0.2) is 4.39 Å². The zero-order valence-corrected chi connectivity index (χ0v) is 18.7. The molecule has 2 aromatic carbocycles. The Morgan fingerprint density at radius 2 is 1.64 bits per heavy atom. The number of nitrogens with one attached hydrogen (secondary N) is 2. The molecule has 1 saturated carbocycles. The van der Waals surface area contributed by atoms with E-state index in [1.807, 2.05) is 0 Å². The minimum Gasteiger partial charge on any atom is -0.469 e. The Morgan fingerprint density at radius 3 is 2.27 bits per heavy atom. The monoisotopic (exact) mass is 452 g/mol. The number of rotatable bonds is 11. The van der Waals surface area contributed by atoms with E-state index in [4.69, 9.17) is 0 Å². The molecule has 174 valence electrons. The summed E-state index contributed by atoms with van der Waals surface area (Å²) in [6.45, 7) is 0.526. The third-order valence-corrected chi connectivity index (χ3v) is 5.37. The van der Waals surface area contributed by atoms with Crippen molar-refractivity contribution in [2.24, 2.45) is 0 Å². The highest BCUT2D eigenvalue weighted by molar-refractivity contribution is 6.24. The van der Waals surface area contributed by atoms with Gasteiger partial charge in [-0.1, -0.05) is 30.7 Å². The highest BCUT2D eigenvalue weighted by Crippen LogP contribution is 2.24. The largest absolute Gasteiger partial charge is 0.469 e. The molecule has 0 spiro atoms. The van der Waals surface area contributed by atoms with E-state index < -0.39 is 0 Å². The fraction of sp³-hybridized carbons (Fsp3) is 0.346. The van der Waals surface area contributed by atoms with Gasteiger partial charge in [0.1, 0.15) is 5.82 Å². The van der Waals surface area contributed by atoms with Gasteiger partial charge in [-0.3, -0.25) is 14.4 Å². The Morgan fingerprint density at radius 1 is 0.970 bits per heavy atom. The van der Waals surface area contributed by atoms with Gasteiger partial charge in [0.15, 0.2) is 0 Å². The number of carbonyl (C=O) groups is 3.